The number of carbonyl (C=O) groups is 1. The van der Waals surface area contributed by atoms with Crippen LogP contribution >= 0.6 is 0 Å². The Bertz CT molecular complexity index is 965. The van der Waals surface area contributed by atoms with Gasteiger partial charge in [-0.25, -0.2) is 13.5 Å². The zero-order valence-corrected chi connectivity index (χ0v) is 16.7. The molecule has 0 fully saturated rings. The Balaban J connectivity index is 1.26. The number of rotatable bonds is 8. The van der Waals surface area contributed by atoms with Crippen LogP contribution in [0.3, 0.4) is 0 Å². The number of alkyl halides is 2. The Kier molecular flexibility index (Phi) is 6.32. The summed E-state index contributed by atoms with van der Waals surface area (Å²) in [5, 5.41) is 16.3. The molecule has 2 atom stereocenters. The van der Waals surface area contributed by atoms with E-state index in [4.69, 9.17) is 19.5 Å². The summed E-state index contributed by atoms with van der Waals surface area (Å²) in [4.78, 5) is 12.6. The lowest BCUT2D eigenvalue weighted by Gasteiger charge is -2.26. The molecule has 164 valence electrons. The van der Waals surface area contributed by atoms with E-state index < -0.39 is 13.0 Å². The van der Waals surface area contributed by atoms with Gasteiger partial charge in [-0.1, -0.05) is 0 Å². The van der Waals surface area contributed by atoms with Crippen LogP contribution in [0.25, 0.3) is 0 Å². The van der Waals surface area contributed by atoms with E-state index in [1.807, 2.05) is 0 Å². The fraction of sp³-hybridized carbons (Fsp3) is 0.476. The fourth-order valence-corrected chi connectivity index (χ4v) is 3.69. The van der Waals surface area contributed by atoms with Crippen LogP contribution in [-0.4, -0.2) is 54.1 Å². The topological polar surface area (TPSA) is 98.4 Å². The second kappa shape index (κ2) is 9.31. The van der Waals surface area contributed by atoms with Gasteiger partial charge in [0.25, 0.3) is 12.3 Å². The molecular formula is C21H22F2N4O4. The Morgan fingerprint density at radius 1 is 1.42 bits per heavy atom. The zero-order chi connectivity index (χ0) is 21.8. The lowest BCUT2D eigenvalue weighted by atomic mass is 10.0. The van der Waals surface area contributed by atoms with Crippen molar-refractivity contribution in [3.05, 3.63) is 41.1 Å². The van der Waals surface area contributed by atoms with Crippen molar-refractivity contribution in [2.24, 2.45) is 0 Å². The first kappa shape index (κ1) is 21.1. The van der Waals surface area contributed by atoms with Crippen LogP contribution in [0.15, 0.2) is 24.3 Å². The van der Waals surface area contributed by atoms with Gasteiger partial charge in [-0.15, -0.1) is 0 Å². The normalized spacial score (nSPS) is 19.2. The Hall–Kier alpha value is -3.19. The maximum absolute atomic E-state index is 12.6. The van der Waals surface area contributed by atoms with Crippen LogP contribution in [0.4, 0.5) is 8.78 Å². The number of ether oxygens (including phenoxy) is 3. The van der Waals surface area contributed by atoms with Crippen LogP contribution in [0.2, 0.25) is 0 Å². The predicted molar refractivity (Wildman–Crippen MR) is 104 cm³/mol. The molecule has 3 heterocycles. The van der Waals surface area contributed by atoms with Crippen molar-refractivity contribution in [2.75, 3.05) is 19.8 Å². The molecule has 0 aliphatic carbocycles. The van der Waals surface area contributed by atoms with Crippen molar-refractivity contribution in [3.63, 3.8) is 0 Å². The van der Waals surface area contributed by atoms with E-state index in [-0.39, 0.29) is 30.4 Å². The average molecular weight is 432 g/mol. The van der Waals surface area contributed by atoms with Crippen LogP contribution in [-0.2, 0) is 17.7 Å². The Morgan fingerprint density at radius 3 is 3.06 bits per heavy atom. The predicted octanol–water partition coefficient (Wildman–Crippen LogP) is 2.31. The van der Waals surface area contributed by atoms with Crippen molar-refractivity contribution in [1.82, 2.24) is 15.1 Å². The summed E-state index contributed by atoms with van der Waals surface area (Å²) in [6.45, 7) is 0.532. The number of nitrogens with zero attached hydrogens (tertiary/aromatic N) is 3. The highest BCUT2D eigenvalue weighted by atomic mass is 19.3. The smallest absolute Gasteiger partial charge is 0.272 e. The highest BCUT2D eigenvalue weighted by Crippen LogP contribution is 2.27. The van der Waals surface area contributed by atoms with Crippen LogP contribution in [0.1, 0.15) is 34.5 Å². The number of amides is 1. The molecule has 31 heavy (non-hydrogen) atoms. The first-order valence-electron chi connectivity index (χ1n) is 10.1. The standard InChI is InChI=1S/C21H22F2N4O4/c22-19(23)12-29-5-1-2-16-10-27-20(31-16)8-17(26-27)21(28)25-15-7-14-6-13(9-24)3-4-18(14)30-11-15/h3-4,6,8,15-16,19H,1-2,5,7,10-12H2,(H,25,28)/t15-,16+/m1/s1. The van der Waals surface area contributed by atoms with Gasteiger partial charge in [0.2, 0.25) is 5.88 Å². The summed E-state index contributed by atoms with van der Waals surface area (Å²) in [6.07, 6.45) is -0.755. The van der Waals surface area contributed by atoms with Gasteiger partial charge in [-0.05, 0) is 43.0 Å². The van der Waals surface area contributed by atoms with Gasteiger partial charge in [-0.2, -0.15) is 10.4 Å². The number of hydrogen-bond donors (Lipinski definition) is 1. The minimum atomic E-state index is -2.46. The van der Waals surface area contributed by atoms with Gasteiger partial charge in [0.1, 0.15) is 25.1 Å². The van der Waals surface area contributed by atoms with Crippen molar-refractivity contribution in [2.45, 2.75) is 44.4 Å². The molecule has 0 radical (unpaired) electrons. The van der Waals surface area contributed by atoms with Gasteiger partial charge in [0, 0.05) is 12.7 Å². The highest BCUT2D eigenvalue weighted by molar-refractivity contribution is 5.92. The second-order valence-corrected chi connectivity index (χ2v) is 7.52. The molecule has 1 aromatic heterocycles. The van der Waals surface area contributed by atoms with Gasteiger partial charge in [0.05, 0.1) is 24.2 Å². The summed E-state index contributed by atoms with van der Waals surface area (Å²) < 4.78 is 42.0. The molecule has 2 aliphatic rings. The Morgan fingerprint density at radius 2 is 2.29 bits per heavy atom. The molecule has 0 spiro atoms. The number of hydrogen-bond acceptors (Lipinski definition) is 6. The van der Waals surface area contributed by atoms with Gasteiger partial charge in [-0.3, -0.25) is 4.79 Å². The number of nitrogens with one attached hydrogen (secondary N) is 1. The van der Waals surface area contributed by atoms with E-state index in [1.165, 1.54) is 0 Å². The second-order valence-electron chi connectivity index (χ2n) is 7.52. The first-order valence-corrected chi connectivity index (χ1v) is 10.1. The van der Waals surface area contributed by atoms with Crippen LogP contribution in [0.5, 0.6) is 11.6 Å². The monoisotopic (exact) mass is 432 g/mol. The van der Waals surface area contributed by atoms with E-state index in [0.717, 1.165) is 11.3 Å². The van der Waals surface area contributed by atoms with Crippen molar-refractivity contribution in [3.8, 4) is 17.7 Å². The molecule has 10 heteroatoms. The molecule has 4 rings (SSSR count). The fourth-order valence-electron chi connectivity index (χ4n) is 3.69. The average Bonchev–Trinajstić information content (AvgIpc) is 3.31. The van der Waals surface area contributed by atoms with E-state index in [1.54, 1.807) is 28.9 Å². The van der Waals surface area contributed by atoms with Crippen LogP contribution in [0, 0.1) is 11.3 Å². The summed E-state index contributed by atoms with van der Waals surface area (Å²) in [7, 11) is 0. The molecule has 2 aliphatic heterocycles. The van der Waals surface area contributed by atoms with Gasteiger partial charge in [0.15, 0.2) is 5.69 Å². The third-order valence-corrected chi connectivity index (χ3v) is 5.13. The lowest BCUT2D eigenvalue weighted by Crippen LogP contribution is -2.43. The third-order valence-electron chi connectivity index (χ3n) is 5.13. The van der Waals surface area contributed by atoms with E-state index in [0.29, 0.717) is 43.9 Å². The molecule has 0 unspecified atom stereocenters. The summed E-state index contributed by atoms with van der Waals surface area (Å²) >= 11 is 0. The molecule has 1 N–H and O–H groups in total. The number of nitriles is 1. The van der Waals surface area contributed by atoms with Crippen molar-refractivity contribution < 1.29 is 27.8 Å². The molecule has 1 amide bonds. The Labute approximate surface area is 177 Å². The van der Waals surface area contributed by atoms with Crippen LogP contribution < -0.4 is 14.8 Å². The van der Waals surface area contributed by atoms with E-state index >= 15 is 0 Å². The quantitative estimate of drug-likeness (QED) is 0.643. The lowest BCUT2D eigenvalue weighted by molar-refractivity contribution is 0.0142. The summed E-state index contributed by atoms with van der Waals surface area (Å²) in [6, 6.07) is 8.70. The van der Waals surface area contributed by atoms with Crippen molar-refractivity contribution >= 4 is 5.91 Å². The highest BCUT2D eigenvalue weighted by Gasteiger charge is 2.28. The third kappa shape index (κ3) is 5.11. The van der Waals surface area contributed by atoms with Gasteiger partial charge < -0.3 is 19.5 Å². The molecule has 8 nitrogen and oxygen atoms in total. The summed E-state index contributed by atoms with van der Waals surface area (Å²) in [5.74, 6) is 0.910. The first-order chi connectivity index (χ1) is 15.0. The van der Waals surface area contributed by atoms with Crippen molar-refractivity contribution in [1.29, 1.82) is 5.26 Å². The molecule has 1 aromatic carbocycles. The number of carbonyl (C=O) groups excluding carboxylic acids is 1. The number of aromatic nitrogens is 2. The summed E-state index contributed by atoms with van der Waals surface area (Å²) in [5.41, 5.74) is 1.68. The number of benzene rings is 1. The molecular weight excluding hydrogens is 410 g/mol. The number of fused-ring (bicyclic) bond motifs is 2. The number of halogens is 2. The minimum Gasteiger partial charge on any atom is -0.491 e. The van der Waals surface area contributed by atoms with Gasteiger partial charge >= 0.3 is 0 Å². The molecule has 0 bridgehead atoms. The van der Waals surface area contributed by atoms with E-state index in [9.17, 15) is 13.6 Å². The SMILES string of the molecule is N#Cc1ccc2c(c1)C[C@@H](NC(=O)c1cc3n(n1)C[C@H](CCCOCC(F)F)O3)CO2. The minimum absolute atomic E-state index is 0.118. The zero-order valence-electron chi connectivity index (χ0n) is 16.7. The maximum atomic E-state index is 12.6. The molecule has 0 saturated carbocycles. The molecule has 2 aromatic rings. The van der Waals surface area contributed by atoms with E-state index in [2.05, 4.69) is 16.5 Å². The molecule has 0 saturated heterocycles. The maximum Gasteiger partial charge on any atom is 0.272 e. The largest absolute Gasteiger partial charge is 0.491 e.